The number of carbonyl (C=O) groups is 2. The summed E-state index contributed by atoms with van der Waals surface area (Å²) in [6, 6.07) is 14.7. The van der Waals surface area contributed by atoms with Gasteiger partial charge in [-0.1, -0.05) is 30.3 Å². The van der Waals surface area contributed by atoms with Gasteiger partial charge in [-0.05, 0) is 82.7 Å². The molecule has 1 aliphatic carbocycles. The summed E-state index contributed by atoms with van der Waals surface area (Å²) in [7, 11) is 0. The van der Waals surface area contributed by atoms with Crippen molar-refractivity contribution in [3.05, 3.63) is 66.0 Å². The average molecular weight is 588 g/mol. The second-order valence-corrected chi connectivity index (χ2v) is 12.2. The summed E-state index contributed by atoms with van der Waals surface area (Å²) in [5.74, 6) is 0.516. The standard InChI is InChI=1S/C33H45N7O3/c1-23-29(8-4-9-30(23)43-33(2,3)31(41)35-17-6-16-34)39-18-5-7-27(22-39)38-32(42)40(28-14-15-28)21-24-10-12-25(13-11-24)26-19-36-37-20-26/h4,8-13,19-20,27-28H,5-7,14-18,21-22,34H2,1-3H3,(H,35,41)(H,36,37)(H,38,42)/t27-/m1/s1. The van der Waals surface area contributed by atoms with Crippen molar-refractivity contribution in [1.29, 1.82) is 0 Å². The summed E-state index contributed by atoms with van der Waals surface area (Å²) in [5, 5.41) is 13.1. The fourth-order valence-corrected chi connectivity index (χ4v) is 5.63. The molecule has 2 heterocycles. The van der Waals surface area contributed by atoms with Gasteiger partial charge >= 0.3 is 6.03 Å². The van der Waals surface area contributed by atoms with Gasteiger partial charge in [-0.3, -0.25) is 9.89 Å². The fourth-order valence-electron chi connectivity index (χ4n) is 5.63. The van der Waals surface area contributed by atoms with Crippen LogP contribution in [-0.2, 0) is 11.3 Å². The van der Waals surface area contributed by atoms with Crippen molar-refractivity contribution in [2.24, 2.45) is 5.73 Å². The molecule has 0 bridgehead atoms. The Morgan fingerprint density at radius 3 is 2.63 bits per heavy atom. The van der Waals surface area contributed by atoms with Crippen LogP contribution in [0.4, 0.5) is 10.5 Å². The number of nitrogens with zero attached hydrogens (tertiary/aromatic N) is 3. The van der Waals surface area contributed by atoms with Crippen LogP contribution in [0.2, 0.25) is 0 Å². The number of urea groups is 1. The number of anilines is 1. The van der Waals surface area contributed by atoms with Gasteiger partial charge in [-0.25, -0.2) is 4.79 Å². The van der Waals surface area contributed by atoms with Crippen LogP contribution in [0, 0.1) is 6.92 Å². The normalized spacial score (nSPS) is 16.9. The zero-order chi connectivity index (χ0) is 30.4. The van der Waals surface area contributed by atoms with Crippen LogP contribution in [-0.4, -0.2) is 70.9 Å². The highest BCUT2D eigenvalue weighted by Crippen LogP contribution is 2.33. The van der Waals surface area contributed by atoms with Gasteiger partial charge in [0.25, 0.3) is 5.91 Å². The molecule has 0 unspecified atom stereocenters. The van der Waals surface area contributed by atoms with Gasteiger partial charge in [0.1, 0.15) is 5.75 Å². The molecule has 2 fully saturated rings. The third-order valence-corrected chi connectivity index (χ3v) is 8.31. The number of rotatable bonds is 12. The van der Waals surface area contributed by atoms with Crippen molar-refractivity contribution in [1.82, 2.24) is 25.7 Å². The lowest BCUT2D eigenvalue weighted by molar-refractivity contribution is -0.134. The molecule has 5 rings (SSSR count). The molecule has 1 atom stereocenters. The number of nitrogens with one attached hydrogen (secondary N) is 3. The topological polar surface area (TPSA) is 129 Å². The van der Waals surface area contributed by atoms with Gasteiger partial charge in [0.15, 0.2) is 5.60 Å². The van der Waals surface area contributed by atoms with E-state index in [4.69, 9.17) is 10.5 Å². The second-order valence-electron chi connectivity index (χ2n) is 12.2. The number of aromatic nitrogens is 2. The zero-order valence-electron chi connectivity index (χ0n) is 25.6. The molecule has 3 aromatic rings. The Labute approximate surface area is 254 Å². The molecule has 1 saturated carbocycles. The average Bonchev–Trinajstić information content (AvgIpc) is 3.69. The van der Waals surface area contributed by atoms with Crippen molar-refractivity contribution in [2.45, 2.75) is 77.1 Å². The second kappa shape index (κ2) is 13.5. The van der Waals surface area contributed by atoms with E-state index in [2.05, 4.69) is 56.1 Å². The van der Waals surface area contributed by atoms with Gasteiger partial charge < -0.3 is 30.9 Å². The zero-order valence-corrected chi connectivity index (χ0v) is 25.6. The molecule has 1 saturated heterocycles. The summed E-state index contributed by atoms with van der Waals surface area (Å²) >= 11 is 0. The van der Waals surface area contributed by atoms with E-state index in [0.29, 0.717) is 31.4 Å². The molecule has 3 amide bonds. The van der Waals surface area contributed by atoms with Crippen molar-refractivity contribution in [3.63, 3.8) is 0 Å². The van der Waals surface area contributed by atoms with E-state index in [0.717, 1.165) is 73.1 Å². The van der Waals surface area contributed by atoms with E-state index in [1.54, 1.807) is 13.8 Å². The van der Waals surface area contributed by atoms with Gasteiger partial charge in [-0.15, -0.1) is 0 Å². The van der Waals surface area contributed by atoms with Gasteiger partial charge in [-0.2, -0.15) is 5.10 Å². The lowest BCUT2D eigenvalue weighted by atomic mass is 10.0. The van der Waals surface area contributed by atoms with Crippen LogP contribution in [0.5, 0.6) is 5.75 Å². The quantitative estimate of drug-likeness (QED) is 0.233. The fraction of sp³-hybridized carbons (Fsp3) is 0.485. The third kappa shape index (κ3) is 7.67. The summed E-state index contributed by atoms with van der Waals surface area (Å²) in [5.41, 5.74) is 9.83. The molecule has 2 aliphatic rings. The minimum atomic E-state index is -1.03. The Kier molecular flexibility index (Phi) is 9.55. The van der Waals surface area contributed by atoms with Crippen LogP contribution in [0.3, 0.4) is 0 Å². The summed E-state index contributed by atoms with van der Waals surface area (Å²) < 4.78 is 6.25. The van der Waals surface area contributed by atoms with Crippen LogP contribution < -0.4 is 26.0 Å². The number of aromatic amines is 1. The maximum Gasteiger partial charge on any atom is 0.318 e. The van der Waals surface area contributed by atoms with Crippen LogP contribution in [0.15, 0.2) is 54.9 Å². The first-order valence-electron chi connectivity index (χ1n) is 15.4. The van der Waals surface area contributed by atoms with E-state index < -0.39 is 5.60 Å². The van der Waals surface area contributed by atoms with Crippen molar-refractivity contribution >= 4 is 17.6 Å². The highest BCUT2D eigenvalue weighted by Gasteiger charge is 2.35. The Bertz CT molecular complexity index is 1370. The van der Waals surface area contributed by atoms with Crippen LogP contribution in [0.25, 0.3) is 11.1 Å². The van der Waals surface area contributed by atoms with E-state index >= 15 is 0 Å². The molecule has 1 aliphatic heterocycles. The summed E-state index contributed by atoms with van der Waals surface area (Å²) in [6.45, 7) is 8.85. The first-order valence-corrected chi connectivity index (χ1v) is 15.4. The van der Waals surface area contributed by atoms with E-state index in [9.17, 15) is 9.59 Å². The number of piperidine rings is 1. The molecule has 10 heteroatoms. The Balaban J connectivity index is 1.20. The third-order valence-electron chi connectivity index (χ3n) is 8.31. The molecule has 0 radical (unpaired) electrons. The highest BCUT2D eigenvalue weighted by molar-refractivity contribution is 5.84. The number of ether oxygens (including phenoxy) is 1. The highest BCUT2D eigenvalue weighted by atomic mass is 16.5. The van der Waals surface area contributed by atoms with E-state index in [1.807, 2.05) is 36.4 Å². The number of nitrogens with two attached hydrogens (primary N) is 1. The van der Waals surface area contributed by atoms with E-state index in [1.165, 1.54) is 0 Å². The van der Waals surface area contributed by atoms with Crippen molar-refractivity contribution < 1.29 is 14.3 Å². The number of carbonyl (C=O) groups excluding carboxylic acids is 2. The molecule has 230 valence electrons. The first-order chi connectivity index (χ1) is 20.7. The number of H-pyrrole nitrogens is 1. The van der Waals surface area contributed by atoms with Crippen molar-refractivity contribution in [3.8, 4) is 16.9 Å². The molecule has 5 N–H and O–H groups in total. The van der Waals surface area contributed by atoms with Crippen molar-refractivity contribution in [2.75, 3.05) is 31.1 Å². The lowest BCUT2D eigenvalue weighted by Gasteiger charge is -2.37. The number of hydrogen-bond donors (Lipinski definition) is 4. The molecule has 2 aromatic carbocycles. The molecule has 1 aromatic heterocycles. The predicted molar refractivity (Wildman–Crippen MR) is 169 cm³/mol. The SMILES string of the molecule is Cc1c(OC(C)(C)C(=O)NCCCN)cccc1N1CCC[C@@H](NC(=O)N(Cc2ccc(-c3cn[nH]c3)cc2)C2CC2)C1. The molecular weight excluding hydrogens is 542 g/mol. The van der Waals surface area contributed by atoms with E-state index in [-0.39, 0.29) is 18.0 Å². The predicted octanol–water partition coefficient (Wildman–Crippen LogP) is 4.35. The smallest absolute Gasteiger partial charge is 0.318 e. The van der Waals surface area contributed by atoms with Gasteiger partial charge in [0, 0.05) is 61.3 Å². The number of amides is 3. The van der Waals surface area contributed by atoms with Gasteiger partial charge in [0.2, 0.25) is 0 Å². The van der Waals surface area contributed by atoms with Gasteiger partial charge in [0.05, 0.1) is 6.20 Å². The van der Waals surface area contributed by atoms with Crippen LogP contribution in [0.1, 0.15) is 57.1 Å². The Morgan fingerprint density at radius 2 is 1.93 bits per heavy atom. The molecule has 10 nitrogen and oxygen atoms in total. The number of benzene rings is 2. The maximum atomic E-state index is 13.5. The summed E-state index contributed by atoms with van der Waals surface area (Å²) in [6.07, 6.45) is 8.41. The monoisotopic (exact) mass is 587 g/mol. The molecular formula is C33H45N7O3. The molecule has 0 spiro atoms. The number of hydrogen-bond acceptors (Lipinski definition) is 6. The van der Waals surface area contributed by atoms with Crippen LogP contribution >= 0.6 is 0 Å². The molecule has 43 heavy (non-hydrogen) atoms. The lowest BCUT2D eigenvalue weighted by Crippen LogP contribution is -2.52. The Morgan fingerprint density at radius 1 is 1.14 bits per heavy atom. The minimum Gasteiger partial charge on any atom is -0.478 e. The minimum absolute atomic E-state index is 0.00413. The summed E-state index contributed by atoms with van der Waals surface area (Å²) in [4.78, 5) is 30.6. The largest absolute Gasteiger partial charge is 0.478 e. The maximum absolute atomic E-state index is 13.5. The Hall–Kier alpha value is -4.05. The first kappa shape index (κ1) is 30.4.